The van der Waals surface area contributed by atoms with E-state index in [1.807, 2.05) is 17.0 Å². The zero-order valence-corrected chi connectivity index (χ0v) is 11.2. The largest absolute Gasteiger partial charge is 0.468 e. The van der Waals surface area contributed by atoms with Gasteiger partial charge in [0.1, 0.15) is 5.76 Å². The molecule has 0 radical (unpaired) electrons. The lowest BCUT2D eigenvalue weighted by atomic mass is 10.0. The number of rotatable bonds is 5. The van der Waals surface area contributed by atoms with Crippen LogP contribution in [0.25, 0.3) is 0 Å². The first-order chi connectivity index (χ1) is 9.28. The number of nitrogens with zero attached hydrogens (tertiary/aromatic N) is 2. The number of carbonyl (C=O) groups excluding carboxylic acids is 1. The third kappa shape index (κ3) is 2.53. The Hall–Kier alpha value is -1.33. The second-order valence-electron chi connectivity index (χ2n) is 5.42. The zero-order chi connectivity index (χ0) is 13.2. The van der Waals surface area contributed by atoms with Gasteiger partial charge in [-0.1, -0.05) is 0 Å². The lowest BCUT2D eigenvalue weighted by Gasteiger charge is -2.20. The second kappa shape index (κ2) is 5.35. The number of likely N-dealkylation sites (tertiary alicyclic amines) is 2. The third-order valence-electron chi connectivity index (χ3n) is 4.13. The molecule has 5 heteroatoms. The van der Waals surface area contributed by atoms with Crippen molar-refractivity contribution in [2.24, 2.45) is 11.8 Å². The summed E-state index contributed by atoms with van der Waals surface area (Å²) in [7, 11) is 1.67. The average molecular weight is 264 g/mol. The van der Waals surface area contributed by atoms with Crippen molar-refractivity contribution in [1.29, 1.82) is 0 Å². The van der Waals surface area contributed by atoms with E-state index in [4.69, 9.17) is 9.15 Å². The molecule has 2 saturated heterocycles. The van der Waals surface area contributed by atoms with Crippen molar-refractivity contribution >= 4 is 5.91 Å². The van der Waals surface area contributed by atoms with Crippen LogP contribution in [0.2, 0.25) is 0 Å². The summed E-state index contributed by atoms with van der Waals surface area (Å²) in [4.78, 5) is 16.5. The minimum Gasteiger partial charge on any atom is -0.468 e. The van der Waals surface area contributed by atoms with Crippen LogP contribution in [0.3, 0.4) is 0 Å². The molecule has 3 heterocycles. The highest BCUT2D eigenvalue weighted by molar-refractivity contribution is 5.82. The highest BCUT2D eigenvalue weighted by Crippen LogP contribution is 2.32. The van der Waals surface area contributed by atoms with Crippen molar-refractivity contribution in [2.75, 3.05) is 39.9 Å². The topological polar surface area (TPSA) is 45.9 Å². The molecule has 0 saturated carbocycles. The first kappa shape index (κ1) is 12.7. The quantitative estimate of drug-likeness (QED) is 0.790. The van der Waals surface area contributed by atoms with E-state index in [1.165, 1.54) is 0 Å². The number of ether oxygens (including phenoxy) is 1. The van der Waals surface area contributed by atoms with E-state index >= 15 is 0 Å². The minimum atomic E-state index is 0.173. The van der Waals surface area contributed by atoms with E-state index in [0.717, 1.165) is 38.5 Å². The predicted molar refractivity (Wildman–Crippen MR) is 69.4 cm³/mol. The van der Waals surface area contributed by atoms with Crippen LogP contribution >= 0.6 is 0 Å². The van der Waals surface area contributed by atoms with Gasteiger partial charge in [0.25, 0.3) is 0 Å². The lowest BCUT2D eigenvalue weighted by molar-refractivity contribution is -0.131. The van der Waals surface area contributed by atoms with Crippen LogP contribution in [-0.4, -0.2) is 55.6 Å². The smallest absolute Gasteiger partial charge is 0.227 e. The first-order valence-corrected chi connectivity index (χ1v) is 6.80. The Bertz CT molecular complexity index is 432. The molecule has 5 nitrogen and oxygen atoms in total. The van der Waals surface area contributed by atoms with Crippen LogP contribution in [0.15, 0.2) is 22.8 Å². The Morgan fingerprint density at radius 1 is 1.42 bits per heavy atom. The Labute approximate surface area is 113 Å². The predicted octanol–water partition coefficient (Wildman–Crippen LogP) is 0.816. The molecule has 2 fully saturated rings. The Kier molecular flexibility index (Phi) is 3.57. The van der Waals surface area contributed by atoms with Crippen LogP contribution < -0.4 is 0 Å². The van der Waals surface area contributed by atoms with Gasteiger partial charge in [0.05, 0.1) is 25.3 Å². The summed E-state index contributed by atoms with van der Waals surface area (Å²) in [6.45, 7) is 4.88. The van der Waals surface area contributed by atoms with Gasteiger partial charge >= 0.3 is 0 Å². The molecule has 2 aliphatic heterocycles. The highest BCUT2D eigenvalue weighted by atomic mass is 16.5. The third-order valence-corrected chi connectivity index (χ3v) is 4.13. The molecule has 19 heavy (non-hydrogen) atoms. The van der Waals surface area contributed by atoms with Gasteiger partial charge in [-0.3, -0.25) is 9.69 Å². The van der Waals surface area contributed by atoms with E-state index in [9.17, 15) is 4.79 Å². The van der Waals surface area contributed by atoms with Gasteiger partial charge in [0.2, 0.25) is 5.91 Å². The van der Waals surface area contributed by atoms with E-state index < -0.39 is 0 Å². The molecule has 0 N–H and O–H groups in total. The molecule has 0 spiro atoms. The fourth-order valence-corrected chi connectivity index (χ4v) is 3.19. The highest BCUT2D eigenvalue weighted by Gasteiger charge is 2.45. The molecule has 0 bridgehead atoms. The molecule has 0 aliphatic carbocycles. The number of hydrogen-bond donors (Lipinski definition) is 0. The average Bonchev–Trinajstić information content (AvgIpc) is 3.08. The van der Waals surface area contributed by atoms with Crippen molar-refractivity contribution in [3.8, 4) is 0 Å². The maximum absolute atomic E-state index is 12.3. The van der Waals surface area contributed by atoms with Crippen molar-refractivity contribution in [3.63, 3.8) is 0 Å². The maximum Gasteiger partial charge on any atom is 0.227 e. The Balaban J connectivity index is 1.55. The summed E-state index contributed by atoms with van der Waals surface area (Å²) in [5.41, 5.74) is 0. The van der Waals surface area contributed by atoms with E-state index in [2.05, 4.69) is 4.90 Å². The summed E-state index contributed by atoms with van der Waals surface area (Å²) in [6.07, 6.45) is 1.70. The van der Waals surface area contributed by atoms with E-state index in [-0.39, 0.29) is 5.92 Å². The van der Waals surface area contributed by atoms with E-state index in [1.54, 1.807) is 13.4 Å². The standard InChI is InChI=1S/C14H20N2O3/c1-18-6-4-16-8-11-7-15(10-13(11)14(16)17)9-12-3-2-5-19-12/h2-3,5,11,13H,4,6-10H2,1H3/t11-,13-/m0/s1. The van der Waals surface area contributed by atoms with Crippen LogP contribution in [0, 0.1) is 11.8 Å². The molecular formula is C14H20N2O3. The van der Waals surface area contributed by atoms with Gasteiger partial charge in [-0.25, -0.2) is 0 Å². The van der Waals surface area contributed by atoms with Crippen molar-refractivity contribution < 1.29 is 13.9 Å². The minimum absolute atomic E-state index is 0.173. The fraction of sp³-hybridized carbons (Fsp3) is 0.643. The van der Waals surface area contributed by atoms with Gasteiger partial charge in [-0.2, -0.15) is 0 Å². The van der Waals surface area contributed by atoms with Crippen LogP contribution in [0.1, 0.15) is 5.76 Å². The number of fused-ring (bicyclic) bond motifs is 1. The summed E-state index contributed by atoms with van der Waals surface area (Å²) in [6, 6.07) is 3.89. The Morgan fingerprint density at radius 3 is 3.00 bits per heavy atom. The van der Waals surface area contributed by atoms with Crippen LogP contribution in [0.5, 0.6) is 0 Å². The van der Waals surface area contributed by atoms with Gasteiger partial charge in [0.15, 0.2) is 0 Å². The monoisotopic (exact) mass is 264 g/mol. The van der Waals surface area contributed by atoms with Gasteiger partial charge in [0, 0.05) is 39.2 Å². The SMILES string of the molecule is COCCN1C[C@@H]2CN(Cc3ccco3)C[C@@H]2C1=O. The fourth-order valence-electron chi connectivity index (χ4n) is 3.19. The van der Waals surface area contributed by atoms with Crippen molar-refractivity contribution in [1.82, 2.24) is 9.80 Å². The van der Waals surface area contributed by atoms with Crippen LogP contribution in [-0.2, 0) is 16.1 Å². The van der Waals surface area contributed by atoms with Gasteiger partial charge < -0.3 is 14.1 Å². The first-order valence-electron chi connectivity index (χ1n) is 6.80. The summed E-state index contributed by atoms with van der Waals surface area (Å²) in [5.74, 6) is 1.92. The number of methoxy groups -OCH3 is 1. The second-order valence-corrected chi connectivity index (χ2v) is 5.42. The molecule has 2 atom stereocenters. The number of carbonyl (C=O) groups is 1. The molecule has 104 valence electrons. The van der Waals surface area contributed by atoms with Gasteiger partial charge in [-0.05, 0) is 12.1 Å². The van der Waals surface area contributed by atoms with Crippen molar-refractivity contribution in [2.45, 2.75) is 6.54 Å². The lowest BCUT2D eigenvalue weighted by Crippen LogP contribution is -2.34. The molecule has 3 rings (SSSR count). The summed E-state index contributed by atoms with van der Waals surface area (Å²) >= 11 is 0. The maximum atomic E-state index is 12.3. The Morgan fingerprint density at radius 2 is 2.32 bits per heavy atom. The van der Waals surface area contributed by atoms with Gasteiger partial charge in [-0.15, -0.1) is 0 Å². The molecule has 0 aromatic carbocycles. The summed E-state index contributed by atoms with van der Waals surface area (Å²) in [5, 5.41) is 0. The van der Waals surface area contributed by atoms with E-state index in [0.29, 0.717) is 18.4 Å². The zero-order valence-electron chi connectivity index (χ0n) is 11.2. The molecule has 1 aromatic heterocycles. The molecule has 2 aliphatic rings. The number of furan rings is 1. The van der Waals surface area contributed by atoms with Crippen LogP contribution in [0.4, 0.5) is 0 Å². The molecule has 0 unspecified atom stereocenters. The normalized spacial score (nSPS) is 27.2. The molecule has 1 amide bonds. The summed E-state index contributed by atoms with van der Waals surface area (Å²) < 4.78 is 10.4. The number of amides is 1. The molecular weight excluding hydrogens is 244 g/mol. The van der Waals surface area contributed by atoms with Crippen molar-refractivity contribution in [3.05, 3.63) is 24.2 Å². The number of hydrogen-bond acceptors (Lipinski definition) is 4. The molecule has 1 aromatic rings.